The lowest BCUT2D eigenvalue weighted by molar-refractivity contribution is 0.0697. The molecule has 100 valence electrons. The number of carboxylic acid groups (broad SMARTS) is 1. The summed E-state index contributed by atoms with van der Waals surface area (Å²) < 4.78 is 0. The molecule has 1 atom stereocenters. The largest absolute Gasteiger partial charge is 0.478 e. The third-order valence-electron chi connectivity index (χ3n) is 3.06. The first-order valence-electron chi connectivity index (χ1n) is 6.17. The van der Waals surface area contributed by atoms with Crippen molar-refractivity contribution in [2.45, 2.75) is 33.2 Å². The van der Waals surface area contributed by atoms with E-state index in [4.69, 9.17) is 10.2 Å². The fourth-order valence-corrected chi connectivity index (χ4v) is 1.87. The molecule has 0 aliphatic carbocycles. The van der Waals surface area contributed by atoms with Gasteiger partial charge in [0.05, 0.1) is 5.56 Å². The zero-order valence-electron chi connectivity index (χ0n) is 11.1. The molecule has 0 aromatic heterocycles. The van der Waals surface area contributed by atoms with Gasteiger partial charge in [-0.1, -0.05) is 13.8 Å². The van der Waals surface area contributed by atoms with Crippen LogP contribution in [0.1, 0.15) is 36.2 Å². The van der Waals surface area contributed by atoms with Crippen LogP contribution < -0.4 is 5.32 Å². The molecule has 0 radical (unpaired) electrons. The molecular formula is C14H21NO3. The molecule has 1 unspecified atom stereocenters. The van der Waals surface area contributed by atoms with Crippen molar-refractivity contribution in [1.29, 1.82) is 0 Å². The summed E-state index contributed by atoms with van der Waals surface area (Å²) in [4.78, 5) is 10.8. The van der Waals surface area contributed by atoms with Crippen LogP contribution in [0.3, 0.4) is 0 Å². The van der Waals surface area contributed by atoms with E-state index >= 15 is 0 Å². The standard InChI is InChI=1S/C14H21NO3/c1-9(2)12(6-7-16)15-13-5-4-11(14(17)18)8-10(13)3/h4-5,8-9,12,15-16H,6-7H2,1-3H3,(H,17,18). The molecule has 0 fully saturated rings. The van der Waals surface area contributed by atoms with E-state index in [1.54, 1.807) is 18.2 Å². The Hall–Kier alpha value is -1.55. The van der Waals surface area contributed by atoms with E-state index in [1.807, 2.05) is 6.92 Å². The number of rotatable bonds is 6. The molecule has 1 rings (SSSR count). The molecule has 3 N–H and O–H groups in total. The summed E-state index contributed by atoms with van der Waals surface area (Å²) in [6.07, 6.45) is 0.678. The van der Waals surface area contributed by atoms with E-state index in [-0.39, 0.29) is 12.6 Å². The van der Waals surface area contributed by atoms with Crippen LogP contribution in [-0.2, 0) is 0 Å². The molecule has 1 aromatic carbocycles. The van der Waals surface area contributed by atoms with Crippen LogP contribution in [0.15, 0.2) is 18.2 Å². The highest BCUT2D eigenvalue weighted by Crippen LogP contribution is 2.20. The van der Waals surface area contributed by atoms with Crippen molar-refractivity contribution in [3.63, 3.8) is 0 Å². The average molecular weight is 251 g/mol. The summed E-state index contributed by atoms with van der Waals surface area (Å²) in [7, 11) is 0. The van der Waals surface area contributed by atoms with Gasteiger partial charge in [0.2, 0.25) is 0 Å². The number of nitrogens with one attached hydrogen (secondary N) is 1. The topological polar surface area (TPSA) is 69.6 Å². The minimum atomic E-state index is -0.916. The number of carboxylic acids is 1. The van der Waals surface area contributed by atoms with Gasteiger partial charge in [0.1, 0.15) is 0 Å². The predicted molar refractivity (Wildman–Crippen MR) is 72.1 cm³/mol. The molecule has 0 saturated heterocycles. The number of benzene rings is 1. The second-order valence-electron chi connectivity index (χ2n) is 4.84. The molecule has 4 nitrogen and oxygen atoms in total. The Morgan fingerprint density at radius 2 is 2.06 bits per heavy atom. The smallest absolute Gasteiger partial charge is 0.335 e. The number of hydrogen-bond acceptors (Lipinski definition) is 3. The van der Waals surface area contributed by atoms with Gasteiger partial charge < -0.3 is 15.5 Å². The average Bonchev–Trinajstić information content (AvgIpc) is 2.30. The van der Waals surface area contributed by atoms with Crippen LogP contribution in [0.2, 0.25) is 0 Å². The van der Waals surface area contributed by atoms with Crippen molar-refractivity contribution >= 4 is 11.7 Å². The minimum Gasteiger partial charge on any atom is -0.478 e. The molecule has 0 saturated carbocycles. The Bertz CT molecular complexity index is 416. The molecule has 0 heterocycles. The van der Waals surface area contributed by atoms with Gasteiger partial charge in [0, 0.05) is 18.3 Å². The van der Waals surface area contributed by atoms with Crippen molar-refractivity contribution < 1.29 is 15.0 Å². The zero-order valence-corrected chi connectivity index (χ0v) is 11.1. The van der Waals surface area contributed by atoms with E-state index in [1.165, 1.54) is 0 Å². The van der Waals surface area contributed by atoms with Crippen LogP contribution >= 0.6 is 0 Å². The Kier molecular flexibility index (Phi) is 5.16. The fourth-order valence-electron chi connectivity index (χ4n) is 1.87. The highest BCUT2D eigenvalue weighted by Gasteiger charge is 2.14. The summed E-state index contributed by atoms with van der Waals surface area (Å²) >= 11 is 0. The Balaban J connectivity index is 2.86. The van der Waals surface area contributed by atoms with Crippen LogP contribution in [0.4, 0.5) is 5.69 Å². The lowest BCUT2D eigenvalue weighted by atomic mass is 10.00. The minimum absolute atomic E-state index is 0.141. The first-order valence-corrected chi connectivity index (χ1v) is 6.17. The van der Waals surface area contributed by atoms with E-state index in [0.29, 0.717) is 17.9 Å². The van der Waals surface area contributed by atoms with Gasteiger partial charge in [-0.3, -0.25) is 0 Å². The molecule has 0 bridgehead atoms. The number of anilines is 1. The number of aromatic carboxylic acids is 1. The third-order valence-corrected chi connectivity index (χ3v) is 3.06. The lowest BCUT2D eigenvalue weighted by Crippen LogP contribution is -2.27. The first-order chi connectivity index (χ1) is 8.45. The van der Waals surface area contributed by atoms with Crippen molar-refractivity contribution in [3.8, 4) is 0 Å². The van der Waals surface area contributed by atoms with Gasteiger partial charge in [-0.05, 0) is 43.0 Å². The number of aryl methyl sites for hydroxylation is 1. The van der Waals surface area contributed by atoms with E-state index in [2.05, 4.69) is 19.2 Å². The van der Waals surface area contributed by atoms with E-state index in [9.17, 15) is 4.79 Å². The normalized spacial score (nSPS) is 12.5. The molecule has 0 spiro atoms. The van der Waals surface area contributed by atoms with Gasteiger partial charge in [0.15, 0.2) is 0 Å². The van der Waals surface area contributed by atoms with Gasteiger partial charge in [-0.2, -0.15) is 0 Å². The molecule has 18 heavy (non-hydrogen) atoms. The maximum Gasteiger partial charge on any atom is 0.335 e. The SMILES string of the molecule is Cc1cc(C(=O)O)ccc1NC(CCO)C(C)C. The molecular weight excluding hydrogens is 230 g/mol. The van der Waals surface area contributed by atoms with Crippen molar-refractivity contribution in [1.82, 2.24) is 0 Å². The fraction of sp³-hybridized carbons (Fsp3) is 0.500. The number of aliphatic hydroxyl groups is 1. The number of aliphatic hydroxyl groups excluding tert-OH is 1. The van der Waals surface area contributed by atoms with Crippen molar-refractivity contribution in [2.24, 2.45) is 5.92 Å². The van der Waals surface area contributed by atoms with Crippen molar-refractivity contribution in [3.05, 3.63) is 29.3 Å². The van der Waals surface area contributed by atoms with E-state index in [0.717, 1.165) is 11.3 Å². The van der Waals surface area contributed by atoms with Crippen molar-refractivity contribution in [2.75, 3.05) is 11.9 Å². The highest BCUT2D eigenvalue weighted by atomic mass is 16.4. The van der Waals surface area contributed by atoms with Crippen LogP contribution in [-0.4, -0.2) is 28.8 Å². The number of hydrogen-bond donors (Lipinski definition) is 3. The van der Waals surface area contributed by atoms with Crippen LogP contribution in [0.5, 0.6) is 0 Å². The van der Waals surface area contributed by atoms with Gasteiger partial charge in [-0.25, -0.2) is 4.79 Å². The summed E-state index contributed by atoms with van der Waals surface area (Å²) in [6.45, 7) is 6.20. The molecule has 0 amide bonds. The van der Waals surface area contributed by atoms with E-state index < -0.39 is 5.97 Å². The maximum absolute atomic E-state index is 10.8. The highest BCUT2D eigenvalue weighted by molar-refractivity contribution is 5.88. The molecule has 4 heteroatoms. The van der Waals surface area contributed by atoms with Gasteiger partial charge >= 0.3 is 5.97 Å². The molecule has 0 aliphatic rings. The monoisotopic (exact) mass is 251 g/mol. The predicted octanol–water partition coefficient (Wildman–Crippen LogP) is 2.51. The quantitative estimate of drug-likeness (QED) is 0.726. The lowest BCUT2D eigenvalue weighted by Gasteiger charge is -2.24. The molecule has 0 aliphatic heterocycles. The van der Waals surface area contributed by atoms with Crippen LogP contribution in [0, 0.1) is 12.8 Å². The Labute approximate surface area is 108 Å². The summed E-state index contributed by atoms with van der Waals surface area (Å²) in [6, 6.07) is 5.21. The summed E-state index contributed by atoms with van der Waals surface area (Å²) in [5.74, 6) is -0.517. The van der Waals surface area contributed by atoms with Gasteiger partial charge in [0.25, 0.3) is 0 Å². The second kappa shape index (κ2) is 6.40. The van der Waals surface area contributed by atoms with Crippen LogP contribution in [0.25, 0.3) is 0 Å². The Morgan fingerprint density at radius 1 is 1.39 bits per heavy atom. The maximum atomic E-state index is 10.8. The Morgan fingerprint density at radius 3 is 2.50 bits per heavy atom. The zero-order chi connectivity index (χ0) is 13.7. The summed E-state index contributed by atoms with van der Waals surface area (Å²) in [5, 5.41) is 21.3. The summed E-state index contributed by atoms with van der Waals surface area (Å²) in [5.41, 5.74) is 2.12. The van der Waals surface area contributed by atoms with Gasteiger partial charge in [-0.15, -0.1) is 0 Å². The third kappa shape index (κ3) is 3.74. The molecule has 1 aromatic rings. The first kappa shape index (κ1) is 14.5. The number of carbonyl (C=O) groups is 1. The second-order valence-corrected chi connectivity index (χ2v) is 4.84.